The van der Waals surface area contributed by atoms with Gasteiger partial charge in [-0.1, -0.05) is 30.3 Å². The topological polar surface area (TPSA) is 92.7 Å². The maximum Gasteiger partial charge on any atom is 0.340 e. The summed E-state index contributed by atoms with van der Waals surface area (Å²) in [6, 6.07) is 10.9. The van der Waals surface area contributed by atoms with Crippen molar-refractivity contribution in [2.45, 2.75) is 40.2 Å². The fraction of sp³-hybridized carbons (Fsp3) is 0.280. The normalized spacial score (nSPS) is 12.4. The summed E-state index contributed by atoms with van der Waals surface area (Å²) in [6.45, 7) is 7.73. The lowest BCUT2D eigenvalue weighted by atomic mass is 9.98. The highest BCUT2D eigenvalue weighted by molar-refractivity contribution is 6.07. The minimum atomic E-state index is -0.823. The molecule has 4 rings (SSSR count). The van der Waals surface area contributed by atoms with Crippen LogP contribution in [0.5, 0.6) is 0 Å². The molecule has 1 atom stereocenters. The monoisotopic (exact) mass is 419 g/mol. The van der Waals surface area contributed by atoms with Crippen LogP contribution in [0.3, 0.4) is 0 Å². The quantitative estimate of drug-likeness (QED) is 0.474. The summed E-state index contributed by atoms with van der Waals surface area (Å²) in [5.74, 6) is 0.449. The number of rotatable bonds is 5. The predicted octanol–water partition coefficient (Wildman–Crippen LogP) is 4.17. The van der Waals surface area contributed by atoms with Crippen LogP contribution in [0.4, 0.5) is 0 Å². The minimum absolute atomic E-state index is 0.0564. The summed E-state index contributed by atoms with van der Waals surface area (Å²) < 4.78 is 11.6. The summed E-state index contributed by atoms with van der Waals surface area (Å²) in [5, 5.41) is 14.7. The van der Waals surface area contributed by atoms with Crippen molar-refractivity contribution in [1.29, 1.82) is 0 Å². The van der Waals surface area contributed by atoms with E-state index in [9.17, 15) is 14.7 Å². The number of hydrogen-bond acceptors (Lipinski definition) is 5. The molecular weight excluding hydrogens is 394 g/mol. The Balaban J connectivity index is 1.65. The molecule has 6 nitrogen and oxygen atoms in total. The molecule has 0 aliphatic rings. The highest BCUT2D eigenvalue weighted by atomic mass is 16.4. The van der Waals surface area contributed by atoms with Crippen molar-refractivity contribution in [2.75, 3.05) is 6.54 Å². The second-order valence-electron chi connectivity index (χ2n) is 7.95. The van der Waals surface area contributed by atoms with E-state index in [0.717, 1.165) is 22.3 Å². The number of fused-ring (bicyclic) bond motifs is 3. The van der Waals surface area contributed by atoms with Crippen LogP contribution < -0.4 is 10.9 Å². The average molecular weight is 419 g/mol. The standard InChI is InChI=1S/C25H25NO5/c1-13-10-20-23(24-22(13)14(2)16(4)30-24)15(3)18(25(29)31-20)11-21(28)26-12-19(27)17-8-6-5-7-9-17/h5-10,19,27H,11-12H2,1-4H3,(H,26,28)/t19-/m0/s1. The van der Waals surface area contributed by atoms with E-state index in [1.807, 2.05) is 52.0 Å². The number of aliphatic hydroxyl groups is 1. The Kier molecular flexibility index (Phi) is 5.41. The molecule has 0 saturated carbocycles. The molecule has 2 aromatic heterocycles. The summed E-state index contributed by atoms with van der Waals surface area (Å²) >= 11 is 0. The molecule has 160 valence electrons. The lowest BCUT2D eigenvalue weighted by Crippen LogP contribution is -2.31. The van der Waals surface area contributed by atoms with Gasteiger partial charge in [0.05, 0.1) is 23.5 Å². The predicted molar refractivity (Wildman–Crippen MR) is 119 cm³/mol. The summed E-state index contributed by atoms with van der Waals surface area (Å²) in [6.07, 6.45) is -0.962. The second-order valence-corrected chi connectivity index (χ2v) is 7.95. The Labute approximate surface area is 179 Å². The lowest BCUT2D eigenvalue weighted by Gasteiger charge is -2.13. The average Bonchev–Trinajstić information content (AvgIpc) is 3.04. The van der Waals surface area contributed by atoms with Crippen LogP contribution in [0, 0.1) is 27.7 Å². The van der Waals surface area contributed by atoms with E-state index >= 15 is 0 Å². The van der Waals surface area contributed by atoms with Gasteiger partial charge in [0.1, 0.15) is 16.9 Å². The smallest absolute Gasteiger partial charge is 0.340 e. The van der Waals surface area contributed by atoms with E-state index in [0.29, 0.717) is 27.7 Å². The van der Waals surface area contributed by atoms with E-state index in [1.54, 1.807) is 12.1 Å². The first-order chi connectivity index (χ1) is 14.8. The van der Waals surface area contributed by atoms with Crippen molar-refractivity contribution in [2.24, 2.45) is 0 Å². The van der Waals surface area contributed by atoms with Gasteiger partial charge in [-0.3, -0.25) is 4.79 Å². The molecule has 0 saturated heterocycles. The van der Waals surface area contributed by atoms with Gasteiger partial charge in [0.25, 0.3) is 0 Å². The van der Waals surface area contributed by atoms with Crippen LogP contribution in [0.15, 0.2) is 50.0 Å². The van der Waals surface area contributed by atoms with Crippen LogP contribution in [0.1, 0.15) is 39.7 Å². The first kappa shape index (κ1) is 20.9. The molecule has 0 bridgehead atoms. The molecule has 0 spiro atoms. The number of aliphatic hydroxyl groups excluding tert-OH is 1. The van der Waals surface area contributed by atoms with Crippen LogP contribution in [0.2, 0.25) is 0 Å². The van der Waals surface area contributed by atoms with Gasteiger partial charge in [0, 0.05) is 11.9 Å². The second kappa shape index (κ2) is 8.04. The Morgan fingerprint density at radius 2 is 1.74 bits per heavy atom. The highest BCUT2D eigenvalue weighted by Gasteiger charge is 2.21. The van der Waals surface area contributed by atoms with Gasteiger partial charge >= 0.3 is 5.63 Å². The number of aryl methyl sites for hydroxylation is 4. The number of carbonyl (C=O) groups is 1. The molecular formula is C25H25NO5. The van der Waals surface area contributed by atoms with Gasteiger partial charge in [-0.05, 0) is 56.0 Å². The maximum absolute atomic E-state index is 12.6. The summed E-state index contributed by atoms with van der Waals surface area (Å²) in [4.78, 5) is 25.2. The molecule has 0 aliphatic heterocycles. The number of furan rings is 1. The third kappa shape index (κ3) is 3.75. The van der Waals surface area contributed by atoms with Crippen LogP contribution >= 0.6 is 0 Å². The largest absolute Gasteiger partial charge is 0.460 e. The maximum atomic E-state index is 12.6. The summed E-state index contributed by atoms with van der Waals surface area (Å²) in [7, 11) is 0. The Morgan fingerprint density at radius 1 is 1.03 bits per heavy atom. The number of nitrogens with one attached hydrogen (secondary N) is 1. The number of hydrogen-bond donors (Lipinski definition) is 2. The minimum Gasteiger partial charge on any atom is -0.460 e. The molecule has 0 aliphatic carbocycles. The third-order valence-corrected chi connectivity index (χ3v) is 5.89. The third-order valence-electron chi connectivity index (χ3n) is 5.89. The van der Waals surface area contributed by atoms with Gasteiger partial charge in [-0.2, -0.15) is 0 Å². The van der Waals surface area contributed by atoms with Crippen molar-refractivity contribution in [3.63, 3.8) is 0 Å². The molecule has 2 N–H and O–H groups in total. The Hall–Kier alpha value is -3.38. The van der Waals surface area contributed by atoms with E-state index in [1.165, 1.54) is 0 Å². The Bertz CT molecular complexity index is 1350. The van der Waals surface area contributed by atoms with Crippen molar-refractivity contribution < 1.29 is 18.7 Å². The molecule has 4 aromatic rings. The van der Waals surface area contributed by atoms with E-state index in [4.69, 9.17) is 8.83 Å². The van der Waals surface area contributed by atoms with Crippen LogP contribution in [0.25, 0.3) is 21.9 Å². The SMILES string of the molecule is Cc1oc2c(c(C)cc3oc(=O)c(CC(=O)NC[C@H](O)c4ccccc4)c(C)c32)c1C. The molecule has 0 radical (unpaired) electrons. The molecule has 2 aromatic carbocycles. The van der Waals surface area contributed by atoms with Gasteiger partial charge in [0.15, 0.2) is 0 Å². The first-order valence-electron chi connectivity index (χ1n) is 10.2. The van der Waals surface area contributed by atoms with Crippen molar-refractivity contribution in [3.8, 4) is 0 Å². The van der Waals surface area contributed by atoms with Crippen molar-refractivity contribution >= 4 is 27.8 Å². The molecule has 6 heteroatoms. The van der Waals surface area contributed by atoms with Gasteiger partial charge < -0.3 is 19.3 Å². The van der Waals surface area contributed by atoms with Crippen LogP contribution in [-0.4, -0.2) is 17.6 Å². The van der Waals surface area contributed by atoms with Crippen LogP contribution in [-0.2, 0) is 11.2 Å². The molecule has 2 heterocycles. The van der Waals surface area contributed by atoms with E-state index in [-0.39, 0.29) is 24.4 Å². The lowest BCUT2D eigenvalue weighted by molar-refractivity contribution is -0.120. The Morgan fingerprint density at radius 3 is 2.45 bits per heavy atom. The number of carbonyl (C=O) groups excluding carboxylic acids is 1. The fourth-order valence-corrected chi connectivity index (χ4v) is 4.06. The molecule has 1 amide bonds. The van der Waals surface area contributed by atoms with Gasteiger partial charge in [-0.15, -0.1) is 0 Å². The zero-order valence-corrected chi connectivity index (χ0v) is 18.0. The first-order valence-corrected chi connectivity index (χ1v) is 10.2. The molecule has 0 unspecified atom stereocenters. The molecule has 31 heavy (non-hydrogen) atoms. The zero-order valence-electron chi connectivity index (χ0n) is 18.0. The van der Waals surface area contributed by atoms with Crippen molar-refractivity contribution in [3.05, 3.63) is 80.4 Å². The zero-order chi connectivity index (χ0) is 22.3. The number of benzene rings is 2. The highest BCUT2D eigenvalue weighted by Crippen LogP contribution is 2.36. The summed E-state index contributed by atoms with van der Waals surface area (Å²) in [5.41, 5.74) is 4.28. The molecule has 0 fully saturated rings. The van der Waals surface area contributed by atoms with E-state index < -0.39 is 11.7 Å². The van der Waals surface area contributed by atoms with E-state index in [2.05, 4.69) is 5.32 Å². The van der Waals surface area contributed by atoms with Crippen molar-refractivity contribution in [1.82, 2.24) is 5.32 Å². The fourth-order valence-electron chi connectivity index (χ4n) is 4.06. The number of amides is 1. The van der Waals surface area contributed by atoms with Gasteiger partial charge in [-0.25, -0.2) is 4.79 Å². The van der Waals surface area contributed by atoms with Gasteiger partial charge in [0.2, 0.25) is 5.91 Å².